The molecule has 3 nitrogen and oxygen atoms in total. The van der Waals surface area contributed by atoms with Crippen LogP contribution < -0.4 is 5.23 Å². The highest BCUT2D eigenvalue weighted by molar-refractivity contribution is 6.31. The molecule has 0 bridgehead atoms. The van der Waals surface area contributed by atoms with Gasteiger partial charge in [-0.15, -0.1) is 0 Å². The fourth-order valence-corrected chi connectivity index (χ4v) is 0.771. The number of hydrogen-bond acceptors (Lipinski definition) is 3. The second-order valence-electron chi connectivity index (χ2n) is 2.44. The molecule has 0 aliphatic carbocycles. The number of hydrogen-bond donors (Lipinski definition) is 1. The smallest absolute Gasteiger partial charge is 0.480 e. The molecule has 0 aromatic rings. The maximum Gasteiger partial charge on any atom is 0.480 e. The van der Waals surface area contributed by atoms with Gasteiger partial charge in [0.15, 0.2) is 0 Å². The minimum absolute atomic E-state index is 0.134. The zero-order valence-electron chi connectivity index (χ0n) is 5.55. The van der Waals surface area contributed by atoms with Crippen LogP contribution in [-0.2, 0) is 9.45 Å². The van der Waals surface area contributed by atoms with E-state index in [1.807, 2.05) is 13.8 Å². The van der Waals surface area contributed by atoms with Crippen molar-refractivity contribution < 1.29 is 9.45 Å². The van der Waals surface area contributed by atoms with Crippen molar-refractivity contribution in [2.75, 3.05) is 0 Å². The summed E-state index contributed by atoms with van der Waals surface area (Å²) in [6.45, 7) is 3.94. The van der Waals surface area contributed by atoms with Crippen LogP contribution in [0.4, 0.5) is 0 Å². The maximum absolute atomic E-state index is 10.7. The highest BCUT2D eigenvalue weighted by atomic mass is 16.5. The first-order chi connectivity index (χ1) is 4.22. The molecule has 9 heavy (non-hydrogen) atoms. The highest BCUT2D eigenvalue weighted by Crippen LogP contribution is 2.06. The van der Waals surface area contributed by atoms with Gasteiger partial charge in [-0.25, -0.2) is 0 Å². The largest absolute Gasteiger partial charge is 0.520 e. The number of nitrogens with one attached hydrogen (secondary N) is 1. The van der Waals surface area contributed by atoms with E-state index in [1.54, 1.807) is 0 Å². The number of carbonyl (C=O) groups is 1. The fraction of sp³-hybridized carbons (Fsp3) is 0.800. The summed E-state index contributed by atoms with van der Waals surface area (Å²) in [4.78, 5) is 10.7. The molecule has 1 saturated heterocycles. The van der Waals surface area contributed by atoms with Crippen molar-refractivity contribution in [3.63, 3.8) is 0 Å². The molecular weight excluding hydrogens is 117 g/mol. The fourth-order valence-electron chi connectivity index (χ4n) is 0.771. The minimum Gasteiger partial charge on any atom is -0.520 e. The van der Waals surface area contributed by atoms with Crippen LogP contribution in [0.5, 0.6) is 0 Å². The van der Waals surface area contributed by atoms with Gasteiger partial charge in [-0.2, -0.15) is 0 Å². The third-order valence-corrected chi connectivity index (χ3v) is 1.34. The Labute approximate surface area is 55.1 Å². The molecule has 1 N–H and O–H groups in total. The van der Waals surface area contributed by atoms with Crippen molar-refractivity contribution in [3.8, 4) is 0 Å². The molecule has 1 aliphatic heterocycles. The van der Waals surface area contributed by atoms with Gasteiger partial charge in [0.05, 0.1) is 6.04 Å². The summed E-state index contributed by atoms with van der Waals surface area (Å²) in [6.07, 6.45) is 0. The summed E-state index contributed by atoms with van der Waals surface area (Å²) in [5, 5.41) is 2.81. The quantitative estimate of drug-likeness (QED) is 0.489. The molecule has 1 rings (SSSR count). The molecular formula is C5H9BNO2. The summed E-state index contributed by atoms with van der Waals surface area (Å²) in [5.41, 5.74) is 0. The average molecular weight is 126 g/mol. The van der Waals surface area contributed by atoms with Crippen molar-refractivity contribution in [2.24, 2.45) is 5.92 Å². The lowest BCUT2D eigenvalue weighted by Gasteiger charge is -2.08. The van der Waals surface area contributed by atoms with Gasteiger partial charge < -0.3 is 9.88 Å². The Morgan fingerprint density at radius 3 is 2.67 bits per heavy atom. The molecule has 49 valence electrons. The van der Waals surface area contributed by atoms with Crippen LogP contribution in [0, 0.1) is 5.92 Å². The van der Waals surface area contributed by atoms with E-state index in [-0.39, 0.29) is 12.0 Å². The van der Waals surface area contributed by atoms with Gasteiger partial charge in [-0.1, -0.05) is 13.8 Å². The van der Waals surface area contributed by atoms with Crippen molar-refractivity contribution in [3.05, 3.63) is 0 Å². The van der Waals surface area contributed by atoms with E-state index in [9.17, 15) is 4.79 Å². The van der Waals surface area contributed by atoms with E-state index in [1.165, 1.54) is 7.62 Å². The monoisotopic (exact) mass is 126 g/mol. The Morgan fingerprint density at radius 1 is 1.78 bits per heavy atom. The Kier molecular flexibility index (Phi) is 1.76. The van der Waals surface area contributed by atoms with E-state index in [0.717, 1.165) is 0 Å². The average Bonchev–Trinajstić information content (AvgIpc) is 2.13. The van der Waals surface area contributed by atoms with E-state index in [4.69, 9.17) is 0 Å². The Bertz CT molecular complexity index is 126. The van der Waals surface area contributed by atoms with Crippen LogP contribution in [0.25, 0.3) is 0 Å². The molecule has 0 aromatic heterocycles. The zero-order chi connectivity index (χ0) is 6.85. The second-order valence-corrected chi connectivity index (χ2v) is 2.44. The molecule has 1 atom stereocenters. The zero-order valence-corrected chi connectivity index (χ0v) is 5.55. The molecule has 1 radical (unpaired) electrons. The van der Waals surface area contributed by atoms with E-state index < -0.39 is 0 Å². The van der Waals surface area contributed by atoms with Crippen LogP contribution in [0.1, 0.15) is 13.8 Å². The minimum atomic E-state index is -0.176. The van der Waals surface area contributed by atoms with E-state index >= 15 is 0 Å². The van der Waals surface area contributed by atoms with E-state index in [2.05, 4.69) is 9.88 Å². The summed E-state index contributed by atoms with van der Waals surface area (Å²) < 4.78 is 4.55. The Hall–Kier alpha value is -0.505. The maximum atomic E-state index is 10.7. The molecule has 0 aromatic carbocycles. The van der Waals surface area contributed by atoms with Crippen LogP contribution in [-0.4, -0.2) is 19.6 Å². The molecule has 0 saturated carbocycles. The van der Waals surface area contributed by atoms with Crippen molar-refractivity contribution in [1.29, 1.82) is 0 Å². The van der Waals surface area contributed by atoms with Crippen LogP contribution in [0.3, 0.4) is 0 Å². The predicted octanol–water partition coefficient (Wildman–Crippen LogP) is -0.308. The number of rotatable bonds is 1. The molecule has 1 fully saturated rings. The highest BCUT2D eigenvalue weighted by Gasteiger charge is 2.29. The van der Waals surface area contributed by atoms with Crippen molar-refractivity contribution in [2.45, 2.75) is 19.9 Å². The summed E-state index contributed by atoms with van der Waals surface area (Å²) >= 11 is 0. The number of carbonyl (C=O) groups excluding carboxylic acids is 1. The van der Waals surface area contributed by atoms with Crippen molar-refractivity contribution >= 4 is 13.6 Å². The van der Waals surface area contributed by atoms with E-state index in [0.29, 0.717) is 5.92 Å². The Morgan fingerprint density at radius 2 is 2.44 bits per heavy atom. The van der Waals surface area contributed by atoms with Gasteiger partial charge >= 0.3 is 13.6 Å². The third kappa shape index (κ3) is 1.24. The molecule has 1 aliphatic rings. The lowest BCUT2D eigenvalue weighted by atomic mass is 10.0. The SMILES string of the molecule is CC(C)[C@@H]1N[B]OC1=O. The van der Waals surface area contributed by atoms with Gasteiger partial charge in [-0.05, 0) is 5.92 Å². The normalized spacial score (nSPS) is 26.1. The first-order valence-electron chi connectivity index (χ1n) is 3.00. The lowest BCUT2D eigenvalue weighted by Crippen LogP contribution is -2.33. The summed E-state index contributed by atoms with van der Waals surface area (Å²) in [5.74, 6) is 0.126. The van der Waals surface area contributed by atoms with Crippen LogP contribution in [0.15, 0.2) is 0 Å². The van der Waals surface area contributed by atoms with Crippen LogP contribution in [0.2, 0.25) is 0 Å². The first-order valence-corrected chi connectivity index (χ1v) is 3.00. The lowest BCUT2D eigenvalue weighted by molar-refractivity contribution is -0.134. The molecule has 0 unspecified atom stereocenters. The summed E-state index contributed by atoms with van der Waals surface area (Å²) in [6, 6.07) is -0.134. The van der Waals surface area contributed by atoms with Crippen LogP contribution >= 0.6 is 0 Å². The topological polar surface area (TPSA) is 38.3 Å². The second kappa shape index (κ2) is 2.39. The van der Waals surface area contributed by atoms with Gasteiger partial charge in [-0.3, -0.25) is 4.79 Å². The predicted molar refractivity (Wildman–Crippen MR) is 33.6 cm³/mol. The van der Waals surface area contributed by atoms with Gasteiger partial charge in [0.2, 0.25) is 0 Å². The van der Waals surface area contributed by atoms with Gasteiger partial charge in [0, 0.05) is 0 Å². The Balaban J connectivity index is 2.49. The third-order valence-electron chi connectivity index (χ3n) is 1.34. The van der Waals surface area contributed by atoms with Gasteiger partial charge in [0.25, 0.3) is 0 Å². The molecule has 4 heteroatoms. The van der Waals surface area contributed by atoms with Gasteiger partial charge in [0.1, 0.15) is 0 Å². The molecule has 0 spiro atoms. The first kappa shape index (κ1) is 6.61. The standard InChI is InChI=1S/C5H9BNO2/c1-3(2)4-5(8)9-6-7-4/h3-4,7H,1-2H3/t4-/m0/s1. The molecule has 1 heterocycles. The molecule has 0 amide bonds. The summed E-state index contributed by atoms with van der Waals surface area (Å²) in [7, 11) is 1.34. The van der Waals surface area contributed by atoms with Crippen molar-refractivity contribution in [1.82, 2.24) is 5.23 Å².